The number of allylic oxidation sites excluding steroid dienone is 1. The number of rotatable bonds is 4. The third-order valence-electron chi connectivity index (χ3n) is 2.21. The van der Waals surface area contributed by atoms with Crippen LogP contribution in [-0.4, -0.2) is 19.6 Å². The largest absolute Gasteiger partial charge is 0.432 e. The summed E-state index contributed by atoms with van der Waals surface area (Å²) in [6, 6.07) is 7.37. The highest BCUT2D eigenvalue weighted by atomic mass is 79.9. The van der Waals surface area contributed by atoms with Gasteiger partial charge in [0.05, 0.1) is 6.34 Å². The summed E-state index contributed by atoms with van der Waals surface area (Å²) in [5.74, 6) is 0. The summed E-state index contributed by atoms with van der Waals surface area (Å²) in [5, 5.41) is 0.732. The summed E-state index contributed by atoms with van der Waals surface area (Å²) < 4.78 is 36.5. The zero-order valence-corrected chi connectivity index (χ0v) is 11.3. The lowest BCUT2D eigenvalue weighted by atomic mass is 10.2. The molecule has 18 heavy (non-hydrogen) atoms. The molecule has 0 aliphatic heterocycles. The van der Waals surface area contributed by atoms with Crippen molar-refractivity contribution in [3.05, 3.63) is 42.1 Å². The molecule has 0 aliphatic rings. The van der Waals surface area contributed by atoms with Gasteiger partial charge in [-0.2, -0.15) is 13.2 Å². The molecule has 1 aromatic carbocycles. The molecule has 0 unspecified atom stereocenters. The quantitative estimate of drug-likeness (QED) is 0.463. The molecule has 2 nitrogen and oxygen atoms in total. The average Bonchev–Trinajstić information content (AvgIpc) is 2.34. The molecule has 0 amide bonds. The molecule has 0 aromatic heterocycles. The van der Waals surface area contributed by atoms with Gasteiger partial charge in [-0.15, -0.1) is 0 Å². The van der Waals surface area contributed by atoms with Crippen LogP contribution in [0.25, 0.3) is 0 Å². The van der Waals surface area contributed by atoms with E-state index < -0.39 is 11.9 Å². The van der Waals surface area contributed by atoms with E-state index in [1.54, 1.807) is 19.2 Å². The highest BCUT2D eigenvalue weighted by Gasteiger charge is 2.31. The van der Waals surface area contributed by atoms with Crippen molar-refractivity contribution < 1.29 is 13.2 Å². The van der Waals surface area contributed by atoms with Gasteiger partial charge in [-0.1, -0.05) is 34.6 Å². The second-order valence-corrected chi connectivity index (χ2v) is 4.16. The molecule has 0 bridgehead atoms. The van der Waals surface area contributed by atoms with Gasteiger partial charge in [0.1, 0.15) is 5.70 Å². The molecule has 0 N–H and O–H groups in total. The number of aliphatic imine (C=N–C) groups is 1. The van der Waals surface area contributed by atoms with E-state index in [2.05, 4.69) is 27.5 Å². The van der Waals surface area contributed by atoms with Crippen LogP contribution in [0.3, 0.4) is 0 Å². The maximum Gasteiger partial charge on any atom is 0.432 e. The van der Waals surface area contributed by atoms with Gasteiger partial charge in [0.15, 0.2) is 0 Å². The Bertz CT molecular complexity index is 438. The maximum atomic E-state index is 12.2. The minimum absolute atomic E-state index is 0.732. The normalized spacial score (nSPS) is 11.8. The number of alkyl halides is 4. The van der Waals surface area contributed by atoms with Gasteiger partial charge in [-0.3, -0.25) is 0 Å². The van der Waals surface area contributed by atoms with E-state index in [9.17, 15) is 13.2 Å². The van der Waals surface area contributed by atoms with Crippen LogP contribution in [0.5, 0.6) is 0 Å². The van der Waals surface area contributed by atoms with Crippen LogP contribution >= 0.6 is 15.9 Å². The summed E-state index contributed by atoms with van der Waals surface area (Å²) in [6.45, 7) is 2.86. The summed E-state index contributed by atoms with van der Waals surface area (Å²) in [6.07, 6.45) is -3.39. The molecule has 0 saturated heterocycles. The van der Waals surface area contributed by atoms with Crippen molar-refractivity contribution >= 4 is 28.0 Å². The Morgan fingerprint density at radius 1 is 1.39 bits per heavy atom. The first kappa shape index (κ1) is 14.8. The average molecular weight is 321 g/mol. The first-order valence-corrected chi connectivity index (χ1v) is 6.14. The Kier molecular flexibility index (Phi) is 4.95. The fourth-order valence-electron chi connectivity index (χ4n) is 1.12. The van der Waals surface area contributed by atoms with E-state index in [-0.39, 0.29) is 0 Å². The van der Waals surface area contributed by atoms with Crippen LogP contribution in [0.2, 0.25) is 0 Å². The van der Waals surface area contributed by atoms with Gasteiger partial charge >= 0.3 is 6.18 Å². The zero-order chi connectivity index (χ0) is 13.8. The number of hydrogen-bond acceptors (Lipinski definition) is 1. The fourth-order valence-corrected chi connectivity index (χ4v) is 1.49. The highest BCUT2D eigenvalue weighted by Crippen LogP contribution is 2.24. The smallest absolute Gasteiger partial charge is 0.336 e. The van der Waals surface area contributed by atoms with E-state index in [4.69, 9.17) is 0 Å². The molecular formula is C12H12BrF3N2. The van der Waals surface area contributed by atoms with Crippen molar-refractivity contribution in [2.75, 3.05) is 11.9 Å². The Morgan fingerprint density at radius 2 is 1.94 bits per heavy atom. The number of nitrogens with zero attached hydrogens (tertiary/aromatic N) is 2. The summed E-state index contributed by atoms with van der Waals surface area (Å²) in [5.41, 5.74) is 0.716. The number of anilines is 1. The Hall–Kier alpha value is -1.30. The minimum Gasteiger partial charge on any atom is -0.336 e. The summed E-state index contributed by atoms with van der Waals surface area (Å²) in [7, 11) is 1.62. The molecule has 98 valence electrons. The number of benzene rings is 1. The number of halogens is 4. The van der Waals surface area contributed by atoms with Gasteiger partial charge in [0.25, 0.3) is 0 Å². The lowest BCUT2D eigenvalue weighted by Crippen LogP contribution is -2.16. The van der Waals surface area contributed by atoms with Gasteiger partial charge in [-0.25, -0.2) is 4.99 Å². The molecule has 0 aliphatic carbocycles. The zero-order valence-electron chi connectivity index (χ0n) is 9.71. The molecule has 0 fully saturated rings. The summed E-state index contributed by atoms with van der Waals surface area (Å²) in [4.78, 5) is 4.78. The maximum absolute atomic E-state index is 12.2. The van der Waals surface area contributed by atoms with Crippen molar-refractivity contribution in [3.63, 3.8) is 0 Å². The molecule has 0 saturated carbocycles. The van der Waals surface area contributed by atoms with Crippen LogP contribution in [0, 0.1) is 0 Å². The van der Waals surface area contributed by atoms with Gasteiger partial charge in [-0.05, 0) is 17.7 Å². The molecule has 1 aromatic rings. The monoisotopic (exact) mass is 320 g/mol. The van der Waals surface area contributed by atoms with E-state index in [1.165, 1.54) is 4.90 Å². The molecule has 1 rings (SSSR count). The second kappa shape index (κ2) is 6.04. The predicted octanol–water partition coefficient (Wildman–Crippen LogP) is 4.12. The van der Waals surface area contributed by atoms with E-state index >= 15 is 0 Å². The van der Waals surface area contributed by atoms with Crippen LogP contribution in [0.4, 0.5) is 18.9 Å². The summed E-state index contributed by atoms with van der Waals surface area (Å²) >= 11 is 3.31. The van der Waals surface area contributed by atoms with Crippen LogP contribution in [0.1, 0.15) is 5.56 Å². The second-order valence-electron chi connectivity index (χ2n) is 3.60. The third-order valence-corrected chi connectivity index (χ3v) is 2.86. The van der Waals surface area contributed by atoms with Crippen molar-refractivity contribution in [3.8, 4) is 0 Å². The van der Waals surface area contributed by atoms with Crippen molar-refractivity contribution in [2.45, 2.75) is 11.5 Å². The SMILES string of the molecule is C=C(N=CN(C)c1ccc(CBr)cc1)C(F)(F)F. The van der Waals surface area contributed by atoms with Crippen molar-refractivity contribution in [1.82, 2.24) is 0 Å². The Labute approximate surface area is 112 Å². The Morgan fingerprint density at radius 3 is 2.39 bits per heavy atom. The lowest BCUT2D eigenvalue weighted by Gasteiger charge is -2.14. The van der Waals surface area contributed by atoms with Gasteiger partial charge in [0.2, 0.25) is 0 Å². The van der Waals surface area contributed by atoms with E-state index in [0.29, 0.717) is 0 Å². The van der Waals surface area contributed by atoms with E-state index in [0.717, 1.165) is 22.9 Å². The van der Waals surface area contributed by atoms with Crippen LogP contribution in [-0.2, 0) is 5.33 Å². The highest BCUT2D eigenvalue weighted by molar-refractivity contribution is 9.08. The molecule has 0 heterocycles. The fraction of sp³-hybridized carbons (Fsp3) is 0.250. The molecule has 0 spiro atoms. The Balaban J connectivity index is 2.73. The third kappa shape index (κ3) is 4.18. The van der Waals surface area contributed by atoms with Crippen LogP contribution < -0.4 is 4.90 Å². The van der Waals surface area contributed by atoms with Crippen molar-refractivity contribution in [1.29, 1.82) is 0 Å². The first-order valence-electron chi connectivity index (χ1n) is 5.02. The van der Waals surface area contributed by atoms with Crippen molar-refractivity contribution in [2.24, 2.45) is 4.99 Å². The predicted molar refractivity (Wildman–Crippen MR) is 71.2 cm³/mol. The topological polar surface area (TPSA) is 15.6 Å². The molecule has 6 heteroatoms. The molecular weight excluding hydrogens is 309 g/mol. The standard InChI is InChI=1S/C12H12BrF3N2/c1-9(12(14,15)16)17-8-18(2)11-5-3-10(7-13)4-6-11/h3-6,8H,1,7H2,2H3. The van der Waals surface area contributed by atoms with Gasteiger partial charge < -0.3 is 4.90 Å². The molecule has 0 atom stereocenters. The van der Waals surface area contributed by atoms with E-state index in [1.807, 2.05) is 12.1 Å². The molecule has 0 radical (unpaired) electrons. The first-order chi connectivity index (χ1) is 8.34. The lowest BCUT2D eigenvalue weighted by molar-refractivity contribution is -0.0918. The number of hydrogen-bond donors (Lipinski definition) is 0. The minimum atomic E-state index is -4.49. The van der Waals surface area contributed by atoms with Crippen LogP contribution in [0.15, 0.2) is 41.5 Å². The van der Waals surface area contributed by atoms with Gasteiger partial charge in [0, 0.05) is 18.1 Å².